The van der Waals surface area contributed by atoms with Gasteiger partial charge in [0.1, 0.15) is 5.82 Å². The molecule has 1 heterocycles. The average Bonchev–Trinajstić information content (AvgIpc) is 2.68. The number of rotatable bonds is 6. The van der Waals surface area contributed by atoms with Crippen molar-refractivity contribution in [3.8, 4) is 22.8 Å². The van der Waals surface area contributed by atoms with Crippen molar-refractivity contribution in [2.45, 2.75) is 6.54 Å². The molecule has 0 aliphatic carbocycles. The van der Waals surface area contributed by atoms with Gasteiger partial charge < -0.3 is 14.8 Å². The summed E-state index contributed by atoms with van der Waals surface area (Å²) in [7, 11) is 2.49. The molecule has 0 aliphatic heterocycles. The van der Waals surface area contributed by atoms with E-state index in [4.69, 9.17) is 9.47 Å². The normalized spacial score (nSPS) is 10.5. The van der Waals surface area contributed by atoms with Crippen molar-refractivity contribution in [2.24, 2.45) is 0 Å². The summed E-state index contributed by atoms with van der Waals surface area (Å²) >= 11 is 0. The van der Waals surface area contributed by atoms with E-state index in [9.17, 15) is 8.78 Å². The topological polar surface area (TPSA) is 56.3 Å². The minimum Gasteiger partial charge on any atom is -0.490 e. The standard InChI is InChI=1S/C19H17F2N3O2/c1-25-18-14(20)10-13(17(21)19(18)26-2)15-8-9-16(24-23-15)22-11-12-6-4-3-5-7-12/h3-10H,11H2,1-2H3,(H,22,24). The molecule has 2 aromatic carbocycles. The van der Waals surface area contributed by atoms with E-state index < -0.39 is 11.6 Å². The number of hydrogen-bond acceptors (Lipinski definition) is 5. The first kappa shape index (κ1) is 17.6. The maximum atomic E-state index is 14.6. The molecule has 0 unspecified atom stereocenters. The minimum absolute atomic E-state index is 0.0535. The van der Waals surface area contributed by atoms with Gasteiger partial charge in [0.2, 0.25) is 5.75 Å². The van der Waals surface area contributed by atoms with Gasteiger partial charge in [-0.1, -0.05) is 30.3 Å². The Balaban J connectivity index is 1.83. The fourth-order valence-electron chi connectivity index (χ4n) is 2.50. The van der Waals surface area contributed by atoms with Crippen molar-refractivity contribution in [1.82, 2.24) is 10.2 Å². The molecule has 7 heteroatoms. The van der Waals surface area contributed by atoms with E-state index in [1.54, 1.807) is 12.1 Å². The van der Waals surface area contributed by atoms with Crippen molar-refractivity contribution >= 4 is 5.82 Å². The fourth-order valence-corrected chi connectivity index (χ4v) is 2.50. The molecule has 5 nitrogen and oxygen atoms in total. The predicted octanol–water partition coefficient (Wildman–Crippen LogP) is 4.05. The average molecular weight is 357 g/mol. The maximum Gasteiger partial charge on any atom is 0.200 e. The molecule has 0 atom stereocenters. The van der Waals surface area contributed by atoms with Gasteiger partial charge in [-0.05, 0) is 23.8 Å². The summed E-state index contributed by atoms with van der Waals surface area (Å²) in [6.07, 6.45) is 0. The predicted molar refractivity (Wildman–Crippen MR) is 94.3 cm³/mol. The van der Waals surface area contributed by atoms with Crippen LogP contribution in [0.2, 0.25) is 0 Å². The molecule has 0 aliphatic rings. The Morgan fingerprint density at radius 1 is 0.923 bits per heavy atom. The van der Waals surface area contributed by atoms with Gasteiger partial charge in [0.15, 0.2) is 17.4 Å². The van der Waals surface area contributed by atoms with Crippen LogP contribution in [0.1, 0.15) is 5.56 Å². The summed E-state index contributed by atoms with van der Waals surface area (Å²) in [5.74, 6) is -1.57. The molecule has 3 aromatic rings. The summed E-state index contributed by atoms with van der Waals surface area (Å²) in [6.45, 7) is 0.578. The third-order valence-corrected chi connectivity index (χ3v) is 3.80. The highest BCUT2D eigenvalue weighted by atomic mass is 19.1. The second-order valence-electron chi connectivity index (χ2n) is 5.43. The summed E-state index contributed by atoms with van der Waals surface area (Å²) in [5, 5.41) is 11.1. The van der Waals surface area contributed by atoms with Crippen LogP contribution in [0.5, 0.6) is 11.5 Å². The van der Waals surface area contributed by atoms with E-state index in [0.717, 1.165) is 11.6 Å². The smallest absolute Gasteiger partial charge is 0.200 e. The van der Waals surface area contributed by atoms with E-state index >= 15 is 0 Å². The molecule has 0 amide bonds. The highest BCUT2D eigenvalue weighted by Crippen LogP contribution is 2.38. The second kappa shape index (κ2) is 7.77. The monoisotopic (exact) mass is 357 g/mol. The lowest BCUT2D eigenvalue weighted by molar-refractivity contribution is 0.323. The van der Waals surface area contributed by atoms with Crippen LogP contribution in [0.15, 0.2) is 48.5 Å². The van der Waals surface area contributed by atoms with Gasteiger partial charge in [0.05, 0.1) is 19.9 Å². The number of nitrogens with zero attached hydrogens (tertiary/aromatic N) is 2. The van der Waals surface area contributed by atoms with Gasteiger partial charge in [0, 0.05) is 12.1 Å². The Hall–Kier alpha value is -3.22. The zero-order chi connectivity index (χ0) is 18.5. The lowest BCUT2D eigenvalue weighted by Gasteiger charge is -2.12. The van der Waals surface area contributed by atoms with Crippen molar-refractivity contribution in [3.63, 3.8) is 0 Å². The molecule has 0 fully saturated rings. The van der Waals surface area contributed by atoms with E-state index in [1.165, 1.54) is 14.2 Å². The molecular formula is C19H17F2N3O2. The van der Waals surface area contributed by atoms with Crippen molar-refractivity contribution in [1.29, 1.82) is 0 Å². The first-order chi connectivity index (χ1) is 12.6. The van der Waals surface area contributed by atoms with Crippen LogP contribution in [0, 0.1) is 11.6 Å². The first-order valence-electron chi connectivity index (χ1n) is 7.86. The highest BCUT2D eigenvalue weighted by Gasteiger charge is 2.22. The van der Waals surface area contributed by atoms with Crippen LogP contribution >= 0.6 is 0 Å². The van der Waals surface area contributed by atoms with Crippen molar-refractivity contribution in [3.05, 3.63) is 65.7 Å². The lowest BCUT2D eigenvalue weighted by atomic mass is 10.1. The lowest BCUT2D eigenvalue weighted by Crippen LogP contribution is -2.03. The van der Waals surface area contributed by atoms with E-state index in [0.29, 0.717) is 12.4 Å². The molecule has 26 heavy (non-hydrogen) atoms. The first-order valence-corrected chi connectivity index (χ1v) is 7.86. The molecule has 1 aromatic heterocycles. The molecule has 0 saturated heterocycles. The fraction of sp³-hybridized carbons (Fsp3) is 0.158. The Morgan fingerprint density at radius 3 is 2.27 bits per heavy atom. The third kappa shape index (κ3) is 3.56. The summed E-state index contributed by atoms with van der Waals surface area (Å²) in [5.41, 5.74) is 1.22. The Labute approximate surface area is 149 Å². The van der Waals surface area contributed by atoms with E-state index in [1.807, 2.05) is 30.3 Å². The van der Waals surface area contributed by atoms with Gasteiger partial charge in [-0.15, -0.1) is 10.2 Å². The Kier molecular flexibility index (Phi) is 5.26. The number of nitrogens with one attached hydrogen (secondary N) is 1. The largest absolute Gasteiger partial charge is 0.490 e. The van der Waals surface area contributed by atoms with Crippen molar-refractivity contribution < 1.29 is 18.3 Å². The van der Waals surface area contributed by atoms with Crippen LogP contribution in [0.3, 0.4) is 0 Å². The number of hydrogen-bond donors (Lipinski definition) is 1. The number of aromatic nitrogens is 2. The summed E-state index contributed by atoms with van der Waals surface area (Å²) in [4.78, 5) is 0. The summed E-state index contributed by atoms with van der Waals surface area (Å²) < 4.78 is 38.5. The highest BCUT2D eigenvalue weighted by molar-refractivity contribution is 5.66. The van der Waals surface area contributed by atoms with Crippen molar-refractivity contribution in [2.75, 3.05) is 19.5 Å². The zero-order valence-electron chi connectivity index (χ0n) is 14.3. The van der Waals surface area contributed by atoms with Crippen LogP contribution < -0.4 is 14.8 Å². The number of methoxy groups -OCH3 is 2. The summed E-state index contributed by atoms with van der Waals surface area (Å²) in [6, 6.07) is 14.0. The molecule has 3 rings (SSSR count). The van der Waals surface area contributed by atoms with E-state index in [2.05, 4.69) is 15.5 Å². The van der Waals surface area contributed by atoms with Crippen LogP contribution in [0.25, 0.3) is 11.3 Å². The molecule has 0 radical (unpaired) electrons. The van der Waals surface area contributed by atoms with Gasteiger partial charge in [-0.2, -0.15) is 0 Å². The van der Waals surface area contributed by atoms with Gasteiger partial charge in [-0.3, -0.25) is 0 Å². The molecule has 134 valence electrons. The maximum absolute atomic E-state index is 14.6. The second-order valence-corrected chi connectivity index (χ2v) is 5.43. The molecule has 0 saturated carbocycles. The van der Waals surface area contributed by atoms with Crippen LogP contribution in [-0.4, -0.2) is 24.4 Å². The molecule has 0 bridgehead atoms. The quantitative estimate of drug-likeness (QED) is 0.721. The van der Waals surface area contributed by atoms with Crippen LogP contribution in [-0.2, 0) is 6.54 Å². The van der Waals surface area contributed by atoms with Crippen LogP contribution in [0.4, 0.5) is 14.6 Å². The Morgan fingerprint density at radius 2 is 1.65 bits per heavy atom. The SMILES string of the molecule is COc1c(F)cc(-c2ccc(NCc3ccccc3)nn2)c(F)c1OC. The Bertz CT molecular complexity index is 888. The minimum atomic E-state index is -0.759. The molecule has 1 N–H and O–H groups in total. The number of benzene rings is 2. The van der Waals surface area contributed by atoms with Gasteiger partial charge >= 0.3 is 0 Å². The zero-order valence-corrected chi connectivity index (χ0v) is 14.3. The number of halogens is 2. The number of ether oxygens (including phenoxy) is 2. The van der Waals surface area contributed by atoms with Gasteiger partial charge in [0.25, 0.3) is 0 Å². The molecule has 0 spiro atoms. The number of anilines is 1. The van der Waals surface area contributed by atoms with E-state index in [-0.39, 0.29) is 22.8 Å². The third-order valence-electron chi connectivity index (χ3n) is 3.80. The van der Waals surface area contributed by atoms with Gasteiger partial charge in [-0.25, -0.2) is 8.78 Å². The molecular weight excluding hydrogens is 340 g/mol.